The number of thiazole rings is 1. The molecule has 0 radical (unpaired) electrons. The number of halogens is 1. The summed E-state index contributed by atoms with van der Waals surface area (Å²) >= 11 is 4.83. The molecule has 0 unspecified atom stereocenters. The molecule has 8 nitrogen and oxygen atoms in total. The van der Waals surface area contributed by atoms with Crippen LogP contribution in [0.5, 0.6) is 11.5 Å². The lowest BCUT2D eigenvalue weighted by atomic mass is 9.93. The molecule has 1 aliphatic heterocycles. The van der Waals surface area contributed by atoms with Crippen LogP contribution >= 0.6 is 27.3 Å². The van der Waals surface area contributed by atoms with Crippen molar-refractivity contribution in [3.8, 4) is 17.6 Å². The number of aromatic nitrogens is 1. The molecule has 0 bridgehead atoms. The van der Waals surface area contributed by atoms with E-state index in [-0.39, 0.29) is 12.2 Å². The molecule has 10 heteroatoms. The Morgan fingerprint density at radius 2 is 1.86 bits per heavy atom. The van der Waals surface area contributed by atoms with Crippen LogP contribution in [0.4, 0.5) is 0 Å². The second kappa shape index (κ2) is 13.9. The van der Waals surface area contributed by atoms with Gasteiger partial charge in [-0.05, 0) is 73.0 Å². The first-order valence-corrected chi connectivity index (χ1v) is 15.7. The number of hydrogen-bond acceptors (Lipinski definition) is 8. The van der Waals surface area contributed by atoms with E-state index in [1.54, 1.807) is 30.7 Å². The zero-order valence-corrected chi connectivity index (χ0v) is 26.9. The van der Waals surface area contributed by atoms with Crippen molar-refractivity contribution in [1.82, 2.24) is 4.57 Å². The van der Waals surface area contributed by atoms with E-state index in [4.69, 9.17) is 24.5 Å². The lowest BCUT2D eigenvalue weighted by Crippen LogP contribution is -2.40. The Morgan fingerprint density at radius 1 is 1.11 bits per heavy atom. The van der Waals surface area contributed by atoms with Gasteiger partial charge in [-0.25, -0.2) is 9.79 Å². The van der Waals surface area contributed by atoms with E-state index >= 15 is 0 Å². The molecule has 2 heterocycles. The van der Waals surface area contributed by atoms with Crippen LogP contribution < -0.4 is 24.4 Å². The van der Waals surface area contributed by atoms with Gasteiger partial charge in [-0.2, -0.15) is 5.26 Å². The lowest BCUT2D eigenvalue weighted by molar-refractivity contribution is -0.139. The Hall–Kier alpha value is -4.46. The SMILES string of the molecule is CCCC1=C(C(=O)OCC)[C@@H](c2cc(Br)ccc2OC)n2c(s/c(=C/c3ccc(OCc4ccc(C#N)cc4)cc3)c2=O)=N1. The molecule has 0 amide bonds. The number of methoxy groups -OCH3 is 1. The van der Waals surface area contributed by atoms with Gasteiger partial charge in [0.15, 0.2) is 4.80 Å². The maximum atomic E-state index is 14.1. The molecule has 1 atom stereocenters. The van der Waals surface area contributed by atoms with Crippen LogP contribution in [0.2, 0.25) is 0 Å². The molecule has 1 aliphatic rings. The highest BCUT2D eigenvalue weighted by Crippen LogP contribution is 2.38. The van der Waals surface area contributed by atoms with Gasteiger partial charge in [-0.15, -0.1) is 0 Å². The van der Waals surface area contributed by atoms with E-state index < -0.39 is 12.0 Å². The summed E-state index contributed by atoms with van der Waals surface area (Å²) in [6, 6.07) is 21.6. The molecule has 224 valence electrons. The standard InChI is InChI=1S/C34H30BrN3O5S/c1-4-6-27-30(33(40)42-5-2)31(26-18-24(35)13-16-28(26)41-3)38-32(39)29(44-34(38)37-27)17-21-11-14-25(15-12-21)43-20-23-9-7-22(19-36)8-10-23/h7-18,31H,4-6,20H2,1-3H3/b29-17+/t31-/m1/s1. The Bertz CT molecular complexity index is 1940. The first kappa shape index (κ1) is 31.0. The van der Waals surface area contributed by atoms with E-state index in [0.29, 0.717) is 56.3 Å². The predicted molar refractivity (Wildman–Crippen MR) is 172 cm³/mol. The molecule has 0 fully saturated rings. The number of carbonyl (C=O) groups excluding carboxylic acids is 1. The van der Waals surface area contributed by atoms with Gasteiger partial charge < -0.3 is 14.2 Å². The van der Waals surface area contributed by atoms with Gasteiger partial charge in [0.1, 0.15) is 24.1 Å². The topological polar surface area (TPSA) is 103 Å². The number of rotatable bonds is 10. The van der Waals surface area contributed by atoms with E-state index in [1.165, 1.54) is 11.3 Å². The van der Waals surface area contributed by atoms with Crippen molar-refractivity contribution in [3.63, 3.8) is 0 Å². The minimum atomic E-state index is -0.778. The summed E-state index contributed by atoms with van der Waals surface area (Å²) in [5, 5.41) is 8.98. The summed E-state index contributed by atoms with van der Waals surface area (Å²) in [6.45, 7) is 4.34. The van der Waals surface area contributed by atoms with Crippen LogP contribution in [-0.2, 0) is 16.1 Å². The number of hydrogen-bond donors (Lipinski definition) is 0. The van der Waals surface area contributed by atoms with Crippen LogP contribution in [-0.4, -0.2) is 24.3 Å². The molecule has 4 aromatic rings. The second-order valence-electron chi connectivity index (χ2n) is 9.97. The summed E-state index contributed by atoms with van der Waals surface area (Å²) in [5.74, 6) is 0.722. The van der Waals surface area contributed by atoms with Crippen LogP contribution in [0, 0.1) is 11.3 Å². The van der Waals surface area contributed by atoms with Gasteiger partial charge >= 0.3 is 5.97 Å². The van der Waals surface area contributed by atoms with Gasteiger partial charge in [0.05, 0.1) is 41.2 Å². The third kappa shape index (κ3) is 6.54. The molecule has 0 saturated heterocycles. The second-order valence-corrected chi connectivity index (χ2v) is 11.9. The lowest BCUT2D eigenvalue weighted by Gasteiger charge is -2.27. The van der Waals surface area contributed by atoms with Crippen LogP contribution in [0.3, 0.4) is 0 Å². The van der Waals surface area contributed by atoms with Crippen molar-refractivity contribution in [1.29, 1.82) is 5.26 Å². The molecule has 5 rings (SSSR count). The van der Waals surface area contributed by atoms with Crippen LogP contribution in [0.1, 0.15) is 55.0 Å². The molecular formula is C34H30BrN3O5S. The highest BCUT2D eigenvalue weighted by molar-refractivity contribution is 9.10. The first-order chi connectivity index (χ1) is 21.4. The minimum Gasteiger partial charge on any atom is -0.496 e. The average Bonchev–Trinajstić information content (AvgIpc) is 3.34. The number of benzene rings is 3. The van der Waals surface area contributed by atoms with Crippen molar-refractivity contribution in [2.24, 2.45) is 4.99 Å². The van der Waals surface area contributed by atoms with Crippen molar-refractivity contribution in [2.75, 3.05) is 13.7 Å². The Kier molecular flexibility index (Phi) is 9.78. The third-order valence-corrected chi connectivity index (χ3v) is 8.52. The number of fused-ring (bicyclic) bond motifs is 1. The van der Waals surface area contributed by atoms with E-state index in [0.717, 1.165) is 22.0 Å². The fourth-order valence-corrected chi connectivity index (χ4v) is 6.39. The third-order valence-electron chi connectivity index (χ3n) is 7.04. The number of nitrogens with zero attached hydrogens (tertiary/aromatic N) is 3. The van der Waals surface area contributed by atoms with Crippen molar-refractivity contribution in [3.05, 3.63) is 124 Å². The van der Waals surface area contributed by atoms with Crippen LogP contribution in [0.25, 0.3) is 6.08 Å². The molecule has 3 aromatic carbocycles. The number of carbonyl (C=O) groups is 1. The summed E-state index contributed by atoms with van der Waals surface area (Å²) in [5.41, 5.74) is 3.71. The van der Waals surface area contributed by atoms with Crippen molar-refractivity contribution >= 4 is 39.3 Å². The van der Waals surface area contributed by atoms with Crippen molar-refractivity contribution in [2.45, 2.75) is 39.3 Å². The summed E-state index contributed by atoms with van der Waals surface area (Å²) in [6.07, 6.45) is 3.13. The van der Waals surface area contributed by atoms with Crippen LogP contribution in [0.15, 0.2) is 92.3 Å². The van der Waals surface area contributed by atoms with Gasteiger partial charge in [-0.3, -0.25) is 9.36 Å². The minimum absolute atomic E-state index is 0.196. The Labute approximate surface area is 267 Å². The van der Waals surface area contributed by atoms with Gasteiger partial charge in [0.25, 0.3) is 5.56 Å². The number of esters is 1. The quantitative estimate of drug-likeness (QED) is 0.198. The molecule has 0 saturated carbocycles. The maximum Gasteiger partial charge on any atom is 0.338 e. The number of allylic oxidation sites excluding steroid dienone is 1. The fourth-order valence-electron chi connectivity index (χ4n) is 4.99. The zero-order chi connectivity index (χ0) is 31.2. The highest BCUT2D eigenvalue weighted by atomic mass is 79.9. The molecule has 44 heavy (non-hydrogen) atoms. The molecular weight excluding hydrogens is 642 g/mol. The van der Waals surface area contributed by atoms with Gasteiger partial charge in [-0.1, -0.05) is 64.9 Å². The smallest absolute Gasteiger partial charge is 0.338 e. The molecule has 0 aliphatic carbocycles. The maximum absolute atomic E-state index is 14.1. The molecule has 1 aromatic heterocycles. The van der Waals surface area contributed by atoms with E-state index in [1.807, 2.05) is 67.6 Å². The first-order valence-electron chi connectivity index (χ1n) is 14.1. The van der Waals surface area contributed by atoms with Gasteiger partial charge in [0, 0.05) is 10.0 Å². The highest BCUT2D eigenvalue weighted by Gasteiger charge is 2.36. The monoisotopic (exact) mass is 671 g/mol. The molecule has 0 spiro atoms. The Morgan fingerprint density at radius 3 is 2.52 bits per heavy atom. The number of ether oxygens (including phenoxy) is 3. The average molecular weight is 673 g/mol. The largest absolute Gasteiger partial charge is 0.496 e. The Balaban J connectivity index is 1.55. The summed E-state index contributed by atoms with van der Waals surface area (Å²) < 4.78 is 19.9. The van der Waals surface area contributed by atoms with E-state index in [2.05, 4.69) is 22.0 Å². The summed E-state index contributed by atoms with van der Waals surface area (Å²) in [4.78, 5) is 32.8. The number of nitriles is 1. The summed E-state index contributed by atoms with van der Waals surface area (Å²) in [7, 11) is 1.56. The normalized spacial score (nSPS) is 14.4. The van der Waals surface area contributed by atoms with E-state index in [9.17, 15) is 9.59 Å². The predicted octanol–water partition coefficient (Wildman–Crippen LogP) is 5.80. The van der Waals surface area contributed by atoms with Crippen molar-refractivity contribution < 1.29 is 19.0 Å². The molecule has 0 N–H and O–H groups in total. The zero-order valence-electron chi connectivity index (χ0n) is 24.5. The fraction of sp³-hybridized carbons (Fsp3) is 0.235. The van der Waals surface area contributed by atoms with Gasteiger partial charge in [0.2, 0.25) is 0 Å².